The van der Waals surface area contributed by atoms with Gasteiger partial charge in [0.05, 0.1) is 0 Å². The standard InChI is InChI=1S/C15H23ClN2/c16-14-8-4-7-13(11-14)15(18-17)10-9-12-5-2-1-3-6-12/h4,7-8,11-12,15,18H,1-3,5-6,9-10,17H2. The second-order valence-corrected chi connectivity index (χ2v) is 5.79. The molecule has 3 heteroatoms. The SMILES string of the molecule is NNC(CCC1CCCCC1)c1cccc(Cl)c1. The zero-order valence-electron chi connectivity index (χ0n) is 10.9. The Morgan fingerprint density at radius 3 is 2.72 bits per heavy atom. The van der Waals surface area contributed by atoms with Crippen molar-refractivity contribution >= 4 is 11.6 Å². The maximum atomic E-state index is 6.03. The predicted molar refractivity (Wildman–Crippen MR) is 77.3 cm³/mol. The van der Waals surface area contributed by atoms with Gasteiger partial charge in [0.15, 0.2) is 0 Å². The van der Waals surface area contributed by atoms with Crippen molar-refractivity contribution in [2.75, 3.05) is 0 Å². The summed E-state index contributed by atoms with van der Waals surface area (Å²) in [7, 11) is 0. The maximum Gasteiger partial charge on any atom is 0.0460 e. The van der Waals surface area contributed by atoms with Crippen molar-refractivity contribution in [2.24, 2.45) is 11.8 Å². The summed E-state index contributed by atoms with van der Waals surface area (Å²) in [6.07, 6.45) is 9.39. The van der Waals surface area contributed by atoms with Gasteiger partial charge in [-0.3, -0.25) is 11.3 Å². The highest BCUT2D eigenvalue weighted by Crippen LogP contribution is 2.30. The summed E-state index contributed by atoms with van der Waals surface area (Å²) >= 11 is 6.03. The molecule has 1 unspecified atom stereocenters. The Kier molecular flexibility index (Phi) is 5.48. The van der Waals surface area contributed by atoms with Crippen LogP contribution in [0.4, 0.5) is 0 Å². The Morgan fingerprint density at radius 1 is 1.28 bits per heavy atom. The fourth-order valence-electron chi connectivity index (χ4n) is 2.95. The van der Waals surface area contributed by atoms with Crippen LogP contribution in [0.25, 0.3) is 0 Å². The third kappa shape index (κ3) is 3.98. The third-order valence-corrected chi connectivity index (χ3v) is 4.28. The van der Waals surface area contributed by atoms with Crippen LogP contribution in [0.5, 0.6) is 0 Å². The highest BCUT2D eigenvalue weighted by molar-refractivity contribution is 6.30. The van der Waals surface area contributed by atoms with E-state index < -0.39 is 0 Å². The molecule has 1 aromatic carbocycles. The molecule has 100 valence electrons. The van der Waals surface area contributed by atoms with Gasteiger partial charge in [0.1, 0.15) is 0 Å². The summed E-state index contributed by atoms with van der Waals surface area (Å²) in [6.45, 7) is 0. The Morgan fingerprint density at radius 2 is 2.06 bits per heavy atom. The molecule has 0 heterocycles. The molecule has 1 aliphatic carbocycles. The van der Waals surface area contributed by atoms with Gasteiger partial charge < -0.3 is 0 Å². The fraction of sp³-hybridized carbons (Fsp3) is 0.600. The third-order valence-electron chi connectivity index (χ3n) is 4.04. The van der Waals surface area contributed by atoms with Crippen molar-refractivity contribution in [1.29, 1.82) is 0 Å². The van der Waals surface area contributed by atoms with Crippen LogP contribution in [0.2, 0.25) is 5.02 Å². The molecule has 0 bridgehead atoms. The van der Waals surface area contributed by atoms with Crippen LogP contribution >= 0.6 is 11.6 Å². The largest absolute Gasteiger partial charge is 0.271 e. The van der Waals surface area contributed by atoms with E-state index in [0.29, 0.717) is 0 Å². The molecular weight excluding hydrogens is 244 g/mol. The monoisotopic (exact) mass is 266 g/mol. The lowest BCUT2D eigenvalue weighted by molar-refractivity contribution is 0.315. The van der Waals surface area contributed by atoms with Gasteiger partial charge in [-0.15, -0.1) is 0 Å². The van der Waals surface area contributed by atoms with Crippen LogP contribution < -0.4 is 11.3 Å². The minimum absolute atomic E-state index is 0.227. The van der Waals surface area contributed by atoms with E-state index in [1.165, 1.54) is 44.1 Å². The summed E-state index contributed by atoms with van der Waals surface area (Å²) in [4.78, 5) is 0. The van der Waals surface area contributed by atoms with Crippen molar-refractivity contribution in [3.63, 3.8) is 0 Å². The molecule has 1 aromatic rings. The number of hydrogen-bond donors (Lipinski definition) is 2. The molecule has 1 fully saturated rings. The molecule has 2 rings (SSSR count). The number of nitrogens with one attached hydrogen (secondary N) is 1. The van der Waals surface area contributed by atoms with Gasteiger partial charge in [-0.25, -0.2) is 0 Å². The summed E-state index contributed by atoms with van der Waals surface area (Å²) in [6, 6.07) is 8.22. The average molecular weight is 267 g/mol. The Hall–Kier alpha value is -0.570. The average Bonchev–Trinajstić information content (AvgIpc) is 2.41. The van der Waals surface area contributed by atoms with Crippen LogP contribution in [0.1, 0.15) is 56.6 Å². The molecule has 2 nitrogen and oxygen atoms in total. The number of hydrogen-bond acceptors (Lipinski definition) is 2. The molecule has 0 amide bonds. The second kappa shape index (κ2) is 7.13. The second-order valence-electron chi connectivity index (χ2n) is 5.36. The van der Waals surface area contributed by atoms with Crippen molar-refractivity contribution in [3.05, 3.63) is 34.9 Å². The van der Waals surface area contributed by atoms with Crippen LogP contribution in [0.3, 0.4) is 0 Å². The summed E-state index contributed by atoms with van der Waals surface area (Å²) in [5.41, 5.74) is 4.12. The molecule has 3 N–H and O–H groups in total. The lowest BCUT2D eigenvalue weighted by Gasteiger charge is -2.24. The number of nitrogens with two attached hydrogens (primary N) is 1. The predicted octanol–water partition coefficient (Wildman–Crippen LogP) is 4.20. The van der Waals surface area contributed by atoms with E-state index in [1.54, 1.807) is 0 Å². The van der Waals surface area contributed by atoms with Gasteiger partial charge in [0, 0.05) is 11.1 Å². The Balaban J connectivity index is 1.88. The van der Waals surface area contributed by atoms with E-state index in [1.807, 2.05) is 18.2 Å². The highest BCUT2D eigenvalue weighted by atomic mass is 35.5. The van der Waals surface area contributed by atoms with E-state index in [2.05, 4.69) is 11.5 Å². The lowest BCUT2D eigenvalue weighted by atomic mass is 9.84. The molecule has 0 aliphatic heterocycles. The smallest absolute Gasteiger partial charge is 0.0460 e. The van der Waals surface area contributed by atoms with E-state index in [9.17, 15) is 0 Å². The normalized spacial score (nSPS) is 18.8. The zero-order chi connectivity index (χ0) is 12.8. The van der Waals surface area contributed by atoms with E-state index in [-0.39, 0.29) is 6.04 Å². The van der Waals surface area contributed by atoms with E-state index >= 15 is 0 Å². The van der Waals surface area contributed by atoms with Gasteiger partial charge >= 0.3 is 0 Å². The van der Waals surface area contributed by atoms with Crippen LogP contribution in [0.15, 0.2) is 24.3 Å². The molecule has 1 saturated carbocycles. The van der Waals surface area contributed by atoms with Crippen LogP contribution in [-0.2, 0) is 0 Å². The first-order valence-electron chi connectivity index (χ1n) is 7.01. The zero-order valence-corrected chi connectivity index (χ0v) is 11.6. The Labute approximate surface area is 115 Å². The molecule has 0 saturated heterocycles. The number of hydrazine groups is 1. The van der Waals surface area contributed by atoms with Crippen molar-refractivity contribution in [2.45, 2.75) is 51.0 Å². The summed E-state index contributed by atoms with van der Waals surface area (Å²) in [5.74, 6) is 6.57. The minimum Gasteiger partial charge on any atom is -0.271 e. The topological polar surface area (TPSA) is 38.0 Å². The van der Waals surface area contributed by atoms with Gasteiger partial charge in [-0.1, -0.05) is 55.8 Å². The van der Waals surface area contributed by atoms with Crippen molar-refractivity contribution in [1.82, 2.24) is 5.43 Å². The quantitative estimate of drug-likeness (QED) is 0.619. The molecule has 1 aliphatic rings. The summed E-state index contributed by atoms with van der Waals surface area (Å²) < 4.78 is 0. The minimum atomic E-state index is 0.227. The number of halogens is 1. The maximum absolute atomic E-state index is 6.03. The number of benzene rings is 1. The van der Waals surface area contributed by atoms with Crippen LogP contribution in [0, 0.1) is 5.92 Å². The van der Waals surface area contributed by atoms with Gasteiger partial charge in [0.2, 0.25) is 0 Å². The molecule has 0 radical (unpaired) electrons. The first kappa shape index (κ1) is 13.9. The van der Waals surface area contributed by atoms with Gasteiger partial charge in [-0.2, -0.15) is 0 Å². The van der Waals surface area contributed by atoms with Gasteiger partial charge in [0.25, 0.3) is 0 Å². The molecule has 0 aromatic heterocycles. The summed E-state index contributed by atoms with van der Waals surface area (Å²) in [5, 5.41) is 0.783. The van der Waals surface area contributed by atoms with E-state index in [0.717, 1.165) is 17.4 Å². The highest BCUT2D eigenvalue weighted by Gasteiger charge is 2.16. The molecule has 0 spiro atoms. The van der Waals surface area contributed by atoms with Gasteiger partial charge in [-0.05, 0) is 36.5 Å². The van der Waals surface area contributed by atoms with E-state index in [4.69, 9.17) is 17.4 Å². The fourth-order valence-corrected chi connectivity index (χ4v) is 3.15. The molecule has 18 heavy (non-hydrogen) atoms. The van der Waals surface area contributed by atoms with Crippen molar-refractivity contribution < 1.29 is 0 Å². The lowest BCUT2D eigenvalue weighted by Crippen LogP contribution is -2.28. The molecular formula is C15H23ClN2. The molecule has 1 atom stereocenters. The first-order chi connectivity index (χ1) is 8.79. The first-order valence-corrected chi connectivity index (χ1v) is 7.39. The van der Waals surface area contributed by atoms with Crippen molar-refractivity contribution in [3.8, 4) is 0 Å². The Bertz CT molecular complexity index is 361. The number of rotatable bonds is 5. The van der Waals surface area contributed by atoms with Crippen LogP contribution in [-0.4, -0.2) is 0 Å².